The van der Waals surface area contributed by atoms with Crippen molar-refractivity contribution in [1.29, 1.82) is 0 Å². The second kappa shape index (κ2) is 8.48. The van der Waals surface area contributed by atoms with E-state index in [-0.39, 0.29) is 11.2 Å². The minimum absolute atomic E-state index is 0.0615. The van der Waals surface area contributed by atoms with Crippen molar-refractivity contribution in [3.63, 3.8) is 0 Å². The molecule has 1 heterocycles. The molecule has 0 bridgehead atoms. The Morgan fingerprint density at radius 1 is 1.41 bits per heavy atom. The van der Waals surface area contributed by atoms with E-state index in [1.807, 2.05) is 42.0 Å². The smallest absolute Gasteiger partial charge is 0.233 e. The molecule has 118 valence electrons. The Bertz CT molecular complexity index is 570. The van der Waals surface area contributed by atoms with E-state index in [0.717, 1.165) is 23.6 Å². The molecule has 0 aliphatic carbocycles. The first-order valence-corrected chi connectivity index (χ1v) is 8.11. The summed E-state index contributed by atoms with van der Waals surface area (Å²) >= 11 is 1.54. The third-order valence-corrected chi connectivity index (χ3v) is 4.30. The molecule has 5 nitrogen and oxygen atoms in total. The van der Waals surface area contributed by atoms with Gasteiger partial charge in [0.1, 0.15) is 5.75 Å². The SMILES string of the molecule is COc1ccc(SC(C)C(=O)NCCCn2ccnc2)cc1. The van der Waals surface area contributed by atoms with Crippen LogP contribution in [0.3, 0.4) is 0 Å². The molecule has 1 unspecified atom stereocenters. The molecule has 1 aromatic carbocycles. The molecule has 0 saturated carbocycles. The lowest BCUT2D eigenvalue weighted by Crippen LogP contribution is -2.32. The normalized spacial score (nSPS) is 11.9. The highest BCUT2D eigenvalue weighted by molar-refractivity contribution is 8.00. The van der Waals surface area contributed by atoms with Gasteiger partial charge in [-0.3, -0.25) is 4.79 Å². The second-order valence-electron chi connectivity index (χ2n) is 4.88. The van der Waals surface area contributed by atoms with Gasteiger partial charge in [0, 0.05) is 30.4 Å². The first-order valence-electron chi connectivity index (χ1n) is 7.23. The van der Waals surface area contributed by atoms with Gasteiger partial charge in [0.15, 0.2) is 0 Å². The van der Waals surface area contributed by atoms with Crippen LogP contribution in [-0.4, -0.2) is 34.4 Å². The van der Waals surface area contributed by atoms with Gasteiger partial charge in [-0.1, -0.05) is 0 Å². The molecule has 2 aromatic rings. The minimum Gasteiger partial charge on any atom is -0.497 e. The molecule has 1 aromatic heterocycles. The van der Waals surface area contributed by atoms with Crippen LogP contribution in [0.4, 0.5) is 0 Å². The number of nitrogens with zero attached hydrogens (tertiary/aromatic N) is 2. The van der Waals surface area contributed by atoms with Crippen molar-refractivity contribution in [2.24, 2.45) is 0 Å². The standard InChI is InChI=1S/C16H21N3O2S/c1-13(22-15-6-4-14(21-2)5-7-15)16(20)18-8-3-10-19-11-9-17-12-19/h4-7,9,11-13H,3,8,10H2,1-2H3,(H,18,20). The molecule has 22 heavy (non-hydrogen) atoms. The molecule has 0 saturated heterocycles. The quantitative estimate of drug-likeness (QED) is 0.600. The Hall–Kier alpha value is -1.95. The number of aromatic nitrogens is 2. The Balaban J connectivity index is 1.69. The Labute approximate surface area is 135 Å². The number of benzene rings is 1. The van der Waals surface area contributed by atoms with Gasteiger partial charge in [-0.15, -0.1) is 11.8 Å². The van der Waals surface area contributed by atoms with Crippen LogP contribution in [0, 0.1) is 0 Å². The van der Waals surface area contributed by atoms with E-state index >= 15 is 0 Å². The zero-order valence-corrected chi connectivity index (χ0v) is 13.7. The van der Waals surface area contributed by atoms with Crippen LogP contribution < -0.4 is 10.1 Å². The number of imidazole rings is 1. The van der Waals surface area contributed by atoms with Gasteiger partial charge in [-0.2, -0.15) is 0 Å². The second-order valence-corrected chi connectivity index (χ2v) is 6.29. The average molecular weight is 319 g/mol. The summed E-state index contributed by atoms with van der Waals surface area (Å²) < 4.78 is 7.12. The van der Waals surface area contributed by atoms with Gasteiger partial charge >= 0.3 is 0 Å². The van der Waals surface area contributed by atoms with Crippen molar-refractivity contribution in [3.05, 3.63) is 43.0 Å². The van der Waals surface area contributed by atoms with E-state index in [0.29, 0.717) is 6.54 Å². The first-order chi connectivity index (χ1) is 10.7. The van der Waals surface area contributed by atoms with E-state index in [4.69, 9.17) is 4.74 Å². The maximum atomic E-state index is 12.1. The van der Waals surface area contributed by atoms with Crippen molar-refractivity contribution in [2.45, 2.75) is 30.0 Å². The van der Waals surface area contributed by atoms with Crippen LogP contribution in [0.15, 0.2) is 47.9 Å². The van der Waals surface area contributed by atoms with Crippen molar-refractivity contribution < 1.29 is 9.53 Å². The zero-order valence-electron chi connectivity index (χ0n) is 12.9. The first kappa shape index (κ1) is 16.4. The van der Waals surface area contributed by atoms with Crippen molar-refractivity contribution in [1.82, 2.24) is 14.9 Å². The number of carbonyl (C=O) groups is 1. The lowest BCUT2D eigenvalue weighted by molar-refractivity contribution is -0.120. The highest BCUT2D eigenvalue weighted by atomic mass is 32.2. The fourth-order valence-electron chi connectivity index (χ4n) is 1.95. The molecule has 0 aliphatic heterocycles. The number of hydrogen-bond donors (Lipinski definition) is 1. The molecule has 1 amide bonds. The predicted molar refractivity (Wildman–Crippen MR) is 88.2 cm³/mol. The van der Waals surface area contributed by atoms with Gasteiger partial charge in [0.25, 0.3) is 0 Å². The van der Waals surface area contributed by atoms with E-state index in [2.05, 4.69) is 10.3 Å². The van der Waals surface area contributed by atoms with E-state index in [1.54, 1.807) is 31.4 Å². The Kier molecular flexibility index (Phi) is 6.33. The number of ether oxygens (including phenoxy) is 1. The summed E-state index contributed by atoms with van der Waals surface area (Å²) in [4.78, 5) is 17.1. The molecule has 6 heteroatoms. The van der Waals surface area contributed by atoms with Crippen LogP contribution in [0.1, 0.15) is 13.3 Å². The van der Waals surface area contributed by atoms with Gasteiger partial charge in [0.2, 0.25) is 5.91 Å². The third-order valence-electron chi connectivity index (χ3n) is 3.19. The zero-order chi connectivity index (χ0) is 15.8. The predicted octanol–water partition coefficient (Wildman–Crippen LogP) is 2.58. The van der Waals surface area contributed by atoms with Crippen LogP contribution >= 0.6 is 11.8 Å². The highest BCUT2D eigenvalue weighted by Gasteiger charge is 2.13. The average Bonchev–Trinajstić information content (AvgIpc) is 3.05. The maximum Gasteiger partial charge on any atom is 0.233 e. The number of thioether (sulfide) groups is 1. The Morgan fingerprint density at radius 3 is 2.82 bits per heavy atom. The summed E-state index contributed by atoms with van der Waals surface area (Å²) in [6.07, 6.45) is 6.35. The number of aryl methyl sites for hydroxylation is 1. The van der Waals surface area contributed by atoms with Crippen LogP contribution in [0.5, 0.6) is 5.75 Å². The molecule has 1 N–H and O–H groups in total. The molecule has 0 radical (unpaired) electrons. The monoisotopic (exact) mass is 319 g/mol. The summed E-state index contributed by atoms with van der Waals surface area (Å²) in [5.41, 5.74) is 0. The summed E-state index contributed by atoms with van der Waals surface area (Å²) in [7, 11) is 1.64. The molecule has 0 spiro atoms. The number of amides is 1. The highest BCUT2D eigenvalue weighted by Crippen LogP contribution is 2.25. The minimum atomic E-state index is -0.123. The molecule has 0 aliphatic rings. The van der Waals surface area contributed by atoms with E-state index in [9.17, 15) is 4.79 Å². The molecule has 2 rings (SSSR count). The third kappa shape index (κ3) is 5.11. The van der Waals surface area contributed by atoms with E-state index < -0.39 is 0 Å². The van der Waals surface area contributed by atoms with Gasteiger partial charge < -0.3 is 14.6 Å². The van der Waals surface area contributed by atoms with Gasteiger partial charge in [-0.05, 0) is 37.6 Å². The van der Waals surface area contributed by atoms with Crippen molar-refractivity contribution in [2.75, 3.05) is 13.7 Å². The molecule has 0 fully saturated rings. The Morgan fingerprint density at radius 2 is 2.18 bits per heavy atom. The number of rotatable bonds is 8. The summed E-state index contributed by atoms with van der Waals surface area (Å²) in [5.74, 6) is 0.882. The number of nitrogens with one attached hydrogen (secondary N) is 1. The van der Waals surface area contributed by atoms with Crippen LogP contribution in [0.25, 0.3) is 0 Å². The summed E-state index contributed by atoms with van der Waals surface area (Å²) in [6, 6.07) is 7.73. The van der Waals surface area contributed by atoms with Crippen molar-refractivity contribution >= 4 is 17.7 Å². The lowest BCUT2D eigenvalue weighted by atomic mass is 10.3. The van der Waals surface area contributed by atoms with Crippen LogP contribution in [0.2, 0.25) is 0 Å². The largest absolute Gasteiger partial charge is 0.497 e. The molecular weight excluding hydrogens is 298 g/mol. The van der Waals surface area contributed by atoms with E-state index in [1.165, 1.54) is 0 Å². The fourth-order valence-corrected chi connectivity index (χ4v) is 2.84. The maximum absolute atomic E-state index is 12.1. The molecule has 1 atom stereocenters. The number of hydrogen-bond acceptors (Lipinski definition) is 4. The summed E-state index contributed by atoms with van der Waals surface area (Å²) in [6.45, 7) is 3.45. The van der Waals surface area contributed by atoms with Crippen molar-refractivity contribution in [3.8, 4) is 5.75 Å². The van der Waals surface area contributed by atoms with Gasteiger partial charge in [0.05, 0.1) is 18.7 Å². The number of carbonyl (C=O) groups excluding carboxylic acids is 1. The number of methoxy groups -OCH3 is 1. The van der Waals surface area contributed by atoms with Crippen LogP contribution in [-0.2, 0) is 11.3 Å². The summed E-state index contributed by atoms with van der Waals surface area (Å²) in [5, 5.41) is 2.85. The molecular formula is C16H21N3O2S. The topological polar surface area (TPSA) is 56.1 Å². The van der Waals surface area contributed by atoms with Gasteiger partial charge in [-0.25, -0.2) is 4.98 Å². The fraction of sp³-hybridized carbons (Fsp3) is 0.375. The lowest BCUT2D eigenvalue weighted by Gasteiger charge is -2.12.